The van der Waals surface area contributed by atoms with Crippen molar-refractivity contribution in [2.75, 3.05) is 5.32 Å². The fourth-order valence-corrected chi connectivity index (χ4v) is 2.39. The van der Waals surface area contributed by atoms with Gasteiger partial charge >= 0.3 is 5.63 Å². The van der Waals surface area contributed by atoms with Crippen molar-refractivity contribution < 1.29 is 14.3 Å². The highest BCUT2D eigenvalue weighted by atomic mass is 16.4. The highest BCUT2D eigenvalue weighted by molar-refractivity contribution is 5.93. The topological polar surface area (TPSA) is 92.4 Å². The Morgan fingerprint density at radius 3 is 2.91 bits per heavy atom. The summed E-state index contributed by atoms with van der Waals surface area (Å²) in [5.41, 5.74) is 1.23. The lowest BCUT2D eigenvalue weighted by molar-refractivity contribution is -0.115. The fourth-order valence-electron chi connectivity index (χ4n) is 2.39. The van der Waals surface area contributed by atoms with E-state index >= 15 is 0 Å². The zero-order chi connectivity index (χ0) is 16.4. The van der Waals surface area contributed by atoms with E-state index in [1.165, 1.54) is 18.3 Å². The molecule has 3 rings (SSSR count). The Morgan fingerprint density at radius 1 is 1.35 bits per heavy atom. The lowest BCUT2D eigenvalue weighted by Crippen LogP contribution is -2.20. The number of nitrogens with zero attached hydrogens (tertiary/aromatic N) is 1. The molecule has 116 valence electrons. The van der Waals surface area contributed by atoms with Crippen molar-refractivity contribution in [3.63, 3.8) is 0 Å². The summed E-state index contributed by atoms with van der Waals surface area (Å²) in [6.45, 7) is 1.75. The molecule has 0 aliphatic heterocycles. The van der Waals surface area contributed by atoms with Crippen molar-refractivity contribution in [1.29, 1.82) is 0 Å². The van der Waals surface area contributed by atoms with Gasteiger partial charge in [-0.05, 0) is 36.8 Å². The zero-order valence-corrected chi connectivity index (χ0v) is 12.4. The van der Waals surface area contributed by atoms with Crippen LogP contribution in [-0.4, -0.2) is 16.0 Å². The number of aromatic nitrogens is 1. The Hall–Kier alpha value is -3.15. The van der Waals surface area contributed by atoms with Gasteiger partial charge in [-0.25, -0.2) is 4.79 Å². The number of amides is 1. The largest absolute Gasteiger partial charge is 0.508 e. The first-order valence-corrected chi connectivity index (χ1v) is 7.00. The highest BCUT2D eigenvalue weighted by Gasteiger charge is 2.15. The van der Waals surface area contributed by atoms with Gasteiger partial charge in [0.05, 0.1) is 23.9 Å². The number of carbonyl (C=O) groups excluding carboxylic acids is 1. The molecule has 0 radical (unpaired) electrons. The Balaban J connectivity index is 1.92. The quantitative estimate of drug-likeness (QED) is 0.725. The molecule has 6 nitrogen and oxygen atoms in total. The van der Waals surface area contributed by atoms with Crippen molar-refractivity contribution in [2.24, 2.45) is 0 Å². The molecule has 1 aromatic carbocycles. The number of anilines is 1. The first-order valence-electron chi connectivity index (χ1n) is 7.00. The molecule has 0 saturated heterocycles. The Morgan fingerprint density at radius 2 is 2.17 bits per heavy atom. The third kappa shape index (κ3) is 3.06. The number of phenols is 1. The second-order valence-electron chi connectivity index (χ2n) is 5.14. The molecule has 1 amide bonds. The molecule has 23 heavy (non-hydrogen) atoms. The van der Waals surface area contributed by atoms with E-state index in [4.69, 9.17) is 4.42 Å². The summed E-state index contributed by atoms with van der Waals surface area (Å²) < 4.78 is 5.20. The molecule has 0 fully saturated rings. The summed E-state index contributed by atoms with van der Waals surface area (Å²) in [7, 11) is 0. The lowest BCUT2D eigenvalue weighted by Gasteiger charge is -2.08. The second kappa shape index (κ2) is 5.92. The summed E-state index contributed by atoms with van der Waals surface area (Å²) in [4.78, 5) is 28.1. The minimum atomic E-state index is -0.582. The number of rotatable bonds is 3. The van der Waals surface area contributed by atoms with Crippen LogP contribution >= 0.6 is 0 Å². The minimum Gasteiger partial charge on any atom is -0.508 e. The number of nitrogens with one attached hydrogen (secondary N) is 1. The number of hydrogen-bond donors (Lipinski definition) is 2. The fraction of sp³-hybridized carbons (Fsp3) is 0.118. The lowest BCUT2D eigenvalue weighted by atomic mass is 10.0. The highest BCUT2D eigenvalue weighted by Crippen LogP contribution is 2.23. The zero-order valence-electron chi connectivity index (χ0n) is 12.4. The summed E-state index contributed by atoms with van der Waals surface area (Å²) in [6.07, 6.45) is 3.03. The van der Waals surface area contributed by atoms with Crippen LogP contribution in [0.2, 0.25) is 0 Å². The standard InChI is InChI=1S/C17H14N2O4/c1-10-13-5-4-12(20)7-15(13)23-17(22)14(10)8-16(21)19-11-3-2-6-18-9-11/h2-7,9,20H,8H2,1H3,(H,19,21). The van der Waals surface area contributed by atoms with E-state index < -0.39 is 5.63 Å². The molecule has 6 heteroatoms. The van der Waals surface area contributed by atoms with Gasteiger partial charge in [0, 0.05) is 17.6 Å². The molecule has 2 N–H and O–H groups in total. The van der Waals surface area contributed by atoms with Crippen LogP contribution in [0.5, 0.6) is 5.75 Å². The van der Waals surface area contributed by atoms with Crippen molar-refractivity contribution in [1.82, 2.24) is 4.98 Å². The minimum absolute atomic E-state index is 0.0159. The molecule has 0 unspecified atom stereocenters. The average molecular weight is 310 g/mol. The number of pyridine rings is 1. The van der Waals surface area contributed by atoms with Crippen LogP contribution in [0.4, 0.5) is 5.69 Å². The van der Waals surface area contributed by atoms with Crippen LogP contribution in [0.25, 0.3) is 11.0 Å². The molecule has 0 aliphatic rings. The maximum atomic E-state index is 12.1. The molecule has 2 aromatic heterocycles. The van der Waals surface area contributed by atoms with E-state index in [9.17, 15) is 14.7 Å². The third-order valence-electron chi connectivity index (χ3n) is 3.55. The maximum Gasteiger partial charge on any atom is 0.340 e. The van der Waals surface area contributed by atoms with Crippen LogP contribution < -0.4 is 10.9 Å². The Labute approximate surface area is 131 Å². The van der Waals surface area contributed by atoms with E-state index in [-0.39, 0.29) is 18.1 Å². The maximum absolute atomic E-state index is 12.1. The monoisotopic (exact) mass is 310 g/mol. The van der Waals surface area contributed by atoms with Crippen molar-refractivity contribution in [3.8, 4) is 5.75 Å². The molecule has 2 heterocycles. The third-order valence-corrected chi connectivity index (χ3v) is 3.55. The van der Waals surface area contributed by atoms with E-state index in [2.05, 4.69) is 10.3 Å². The summed E-state index contributed by atoms with van der Waals surface area (Å²) in [5.74, 6) is -0.311. The van der Waals surface area contributed by atoms with Crippen molar-refractivity contribution >= 4 is 22.6 Å². The number of aryl methyl sites for hydroxylation is 1. The molecular formula is C17H14N2O4. The Bertz CT molecular complexity index is 932. The number of fused-ring (bicyclic) bond motifs is 1. The van der Waals surface area contributed by atoms with E-state index in [1.807, 2.05) is 0 Å². The van der Waals surface area contributed by atoms with Crippen LogP contribution in [0, 0.1) is 6.92 Å². The van der Waals surface area contributed by atoms with Gasteiger partial charge in [0.2, 0.25) is 5.91 Å². The molecule has 0 spiro atoms. The smallest absolute Gasteiger partial charge is 0.340 e. The summed E-state index contributed by atoms with van der Waals surface area (Å²) in [5, 5.41) is 12.8. The normalized spacial score (nSPS) is 10.7. The number of aromatic hydroxyl groups is 1. The first kappa shape index (κ1) is 14.8. The van der Waals surface area contributed by atoms with Gasteiger partial charge in [0.25, 0.3) is 0 Å². The summed E-state index contributed by atoms with van der Waals surface area (Å²) >= 11 is 0. The molecule has 0 bridgehead atoms. The van der Waals surface area contributed by atoms with Crippen LogP contribution in [0.1, 0.15) is 11.1 Å². The van der Waals surface area contributed by atoms with Crippen molar-refractivity contribution in [3.05, 3.63) is 64.3 Å². The van der Waals surface area contributed by atoms with Gasteiger partial charge < -0.3 is 14.8 Å². The van der Waals surface area contributed by atoms with Gasteiger partial charge in [-0.2, -0.15) is 0 Å². The van der Waals surface area contributed by atoms with Gasteiger partial charge in [0.1, 0.15) is 11.3 Å². The van der Waals surface area contributed by atoms with E-state index in [1.54, 1.807) is 31.3 Å². The van der Waals surface area contributed by atoms with Gasteiger partial charge in [-0.1, -0.05) is 0 Å². The van der Waals surface area contributed by atoms with E-state index in [0.717, 1.165) is 0 Å². The molecule has 0 atom stereocenters. The molecule has 3 aromatic rings. The van der Waals surface area contributed by atoms with Crippen LogP contribution in [-0.2, 0) is 11.2 Å². The van der Waals surface area contributed by atoms with Gasteiger partial charge in [-0.15, -0.1) is 0 Å². The number of benzene rings is 1. The SMILES string of the molecule is Cc1c(CC(=O)Nc2cccnc2)c(=O)oc2cc(O)ccc12. The number of hydrogen-bond acceptors (Lipinski definition) is 5. The molecule has 0 saturated carbocycles. The predicted octanol–water partition coefficient (Wildman–Crippen LogP) is 2.38. The number of phenolic OH excluding ortho intramolecular Hbond substituents is 1. The van der Waals surface area contributed by atoms with Crippen molar-refractivity contribution in [2.45, 2.75) is 13.3 Å². The Kier molecular flexibility index (Phi) is 3.80. The molecular weight excluding hydrogens is 296 g/mol. The van der Waals surface area contributed by atoms with Crippen LogP contribution in [0.3, 0.4) is 0 Å². The van der Waals surface area contributed by atoms with Crippen LogP contribution in [0.15, 0.2) is 51.9 Å². The first-order chi connectivity index (χ1) is 11.0. The number of carbonyl (C=O) groups is 1. The summed E-state index contributed by atoms with van der Waals surface area (Å²) in [6, 6.07) is 7.96. The average Bonchev–Trinajstić information content (AvgIpc) is 2.52. The molecule has 0 aliphatic carbocycles. The van der Waals surface area contributed by atoms with Gasteiger partial charge in [0.15, 0.2) is 0 Å². The predicted molar refractivity (Wildman–Crippen MR) is 85.5 cm³/mol. The van der Waals surface area contributed by atoms with Gasteiger partial charge in [-0.3, -0.25) is 9.78 Å². The van der Waals surface area contributed by atoms with E-state index in [0.29, 0.717) is 27.8 Å². The second-order valence-corrected chi connectivity index (χ2v) is 5.14.